The molecule has 0 bridgehead atoms. The topological polar surface area (TPSA) is 59.8 Å². The number of carbonyl (C=O) groups is 1. The minimum Gasteiger partial charge on any atom is -0.355 e. The minimum atomic E-state index is -0.294. The maximum atomic E-state index is 13.4. The lowest BCUT2D eigenvalue weighted by Crippen LogP contribution is -2.26. The summed E-state index contributed by atoms with van der Waals surface area (Å²) in [6.45, 7) is 2.77. The number of hydrogen-bond acceptors (Lipinski definition) is 4. The van der Waals surface area contributed by atoms with E-state index in [4.69, 9.17) is 0 Å². The molecule has 0 spiro atoms. The van der Waals surface area contributed by atoms with Gasteiger partial charge in [-0.25, -0.2) is 4.39 Å². The van der Waals surface area contributed by atoms with Crippen LogP contribution in [0.1, 0.15) is 31.2 Å². The number of nitrogens with zero attached hydrogens (tertiary/aromatic N) is 3. The molecule has 5 nitrogen and oxygen atoms in total. The Bertz CT molecular complexity index is 912. The molecule has 0 atom stereocenters. The van der Waals surface area contributed by atoms with E-state index in [1.54, 1.807) is 12.1 Å². The van der Waals surface area contributed by atoms with Crippen LogP contribution in [0.2, 0.25) is 0 Å². The molecule has 0 aliphatic rings. The van der Waals surface area contributed by atoms with Gasteiger partial charge in [-0.15, -0.1) is 10.2 Å². The van der Waals surface area contributed by atoms with Crippen molar-refractivity contribution >= 4 is 17.7 Å². The number of hydrogen-bond donors (Lipinski definition) is 1. The molecule has 1 amide bonds. The minimum absolute atomic E-state index is 0.0251. The Labute approximate surface area is 174 Å². The number of aromatic nitrogens is 3. The Morgan fingerprint density at radius 1 is 1.07 bits per heavy atom. The number of benzene rings is 2. The number of thioether (sulfide) groups is 1. The van der Waals surface area contributed by atoms with E-state index in [0.717, 1.165) is 30.8 Å². The average molecular weight is 413 g/mol. The van der Waals surface area contributed by atoms with Crippen LogP contribution >= 0.6 is 11.8 Å². The molecule has 29 heavy (non-hydrogen) atoms. The van der Waals surface area contributed by atoms with Gasteiger partial charge >= 0.3 is 0 Å². The molecule has 3 rings (SSSR count). The predicted octanol–water partition coefficient (Wildman–Crippen LogP) is 4.20. The van der Waals surface area contributed by atoms with Crippen LogP contribution < -0.4 is 5.32 Å². The Morgan fingerprint density at radius 2 is 1.83 bits per heavy atom. The molecule has 0 aliphatic heterocycles. The molecular weight excluding hydrogens is 387 g/mol. The molecule has 0 saturated carbocycles. The second-order valence-electron chi connectivity index (χ2n) is 6.69. The lowest BCUT2D eigenvalue weighted by molar-refractivity contribution is -0.118. The molecule has 1 N–H and O–H groups in total. The van der Waals surface area contributed by atoms with Crippen molar-refractivity contribution in [3.63, 3.8) is 0 Å². The molecule has 3 aromatic rings. The highest BCUT2D eigenvalue weighted by Gasteiger charge is 2.16. The third-order valence-electron chi connectivity index (χ3n) is 4.45. The molecule has 2 aromatic carbocycles. The summed E-state index contributed by atoms with van der Waals surface area (Å²) in [6, 6.07) is 16.4. The number of halogens is 1. The number of rotatable bonds is 10. The van der Waals surface area contributed by atoms with Crippen LogP contribution in [-0.2, 0) is 17.6 Å². The van der Waals surface area contributed by atoms with Crippen molar-refractivity contribution in [2.75, 3.05) is 12.3 Å². The van der Waals surface area contributed by atoms with Crippen molar-refractivity contribution < 1.29 is 9.18 Å². The summed E-state index contributed by atoms with van der Waals surface area (Å²) < 4.78 is 15.3. The molecule has 7 heteroatoms. The van der Waals surface area contributed by atoms with Crippen molar-refractivity contribution in [2.24, 2.45) is 0 Å². The zero-order valence-electron chi connectivity index (χ0n) is 16.5. The van der Waals surface area contributed by atoms with Gasteiger partial charge in [0.25, 0.3) is 0 Å². The third kappa shape index (κ3) is 6.15. The van der Waals surface area contributed by atoms with Crippen LogP contribution in [-0.4, -0.2) is 33.0 Å². The van der Waals surface area contributed by atoms with Gasteiger partial charge in [-0.1, -0.05) is 55.4 Å². The van der Waals surface area contributed by atoms with Crippen molar-refractivity contribution in [1.29, 1.82) is 0 Å². The predicted molar refractivity (Wildman–Crippen MR) is 114 cm³/mol. The zero-order valence-corrected chi connectivity index (χ0v) is 17.3. The van der Waals surface area contributed by atoms with Crippen LogP contribution in [0.3, 0.4) is 0 Å². The van der Waals surface area contributed by atoms with Crippen molar-refractivity contribution in [3.05, 3.63) is 71.8 Å². The summed E-state index contributed by atoms with van der Waals surface area (Å²) >= 11 is 1.34. The maximum absolute atomic E-state index is 13.4. The Kier molecular flexibility index (Phi) is 7.81. The lowest BCUT2D eigenvalue weighted by atomic mass is 10.1. The Hall–Kier alpha value is -2.67. The second kappa shape index (κ2) is 10.8. The van der Waals surface area contributed by atoms with E-state index in [1.807, 2.05) is 22.8 Å². The maximum Gasteiger partial charge on any atom is 0.230 e. The highest BCUT2D eigenvalue weighted by molar-refractivity contribution is 7.99. The second-order valence-corrected chi connectivity index (χ2v) is 7.63. The van der Waals surface area contributed by atoms with Gasteiger partial charge in [0, 0.05) is 18.7 Å². The largest absolute Gasteiger partial charge is 0.355 e. The van der Waals surface area contributed by atoms with E-state index in [1.165, 1.54) is 29.5 Å². The number of amides is 1. The Morgan fingerprint density at radius 3 is 2.55 bits per heavy atom. The Balaban J connectivity index is 1.75. The molecule has 1 aromatic heterocycles. The highest BCUT2D eigenvalue weighted by Crippen LogP contribution is 2.23. The van der Waals surface area contributed by atoms with Crippen molar-refractivity contribution in [3.8, 4) is 5.69 Å². The number of aryl methyl sites for hydroxylation is 2. The van der Waals surface area contributed by atoms with Gasteiger partial charge in [0.05, 0.1) is 5.75 Å². The molecule has 0 saturated heterocycles. The first-order valence-corrected chi connectivity index (χ1v) is 10.8. The fraction of sp³-hybridized carbons (Fsp3) is 0.318. The SMILES string of the molecule is CCCCNC(=O)CSc1nnc(CCc2ccccc2)n1-c1ccc(F)cc1. The average Bonchev–Trinajstić information content (AvgIpc) is 3.15. The molecule has 0 aliphatic carbocycles. The van der Waals surface area contributed by atoms with Crippen molar-refractivity contribution in [1.82, 2.24) is 20.1 Å². The number of carbonyl (C=O) groups excluding carboxylic acids is 1. The number of unbranched alkanes of at least 4 members (excludes halogenated alkanes) is 1. The fourth-order valence-corrected chi connectivity index (χ4v) is 3.69. The summed E-state index contributed by atoms with van der Waals surface area (Å²) in [5.41, 5.74) is 2.00. The summed E-state index contributed by atoms with van der Waals surface area (Å²) in [5.74, 6) is 0.733. The van der Waals surface area contributed by atoms with Crippen LogP contribution in [0.15, 0.2) is 59.8 Å². The monoisotopic (exact) mass is 412 g/mol. The first-order chi connectivity index (χ1) is 14.2. The van der Waals surface area contributed by atoms with Crippen LogP contribution in [0.25, 0.3) is 5.69 Å². The van der Waals surface area contributed by atoms with E-state index < -0.39 is 0 Å². The van der Waals surface area contributed by atoms with Gasteiger partial charge in [-0.2, -0.15) is 0 Å². The van der Waals surface area contributed by atoms with E-state index in [9.17, 15) is 9.18 Å². The molecule has 0 radical (unpaired) electrons. The van der Waals surface area contributed by atoms with E-state index in [2.05, 4.69) is 34.6 Å². The number of nitrogens with one attached hydrogen (secondary N) is 1. The molecule has 0 fully saturated rings. The summed E-state index contributed by atoms with van der Waals surface area (Å²) in [7, 11) is 0. The van der Waals surface area contributed by atoms with E-state index >= 15 is 0 Å². The first-order valence-electron chi connectivity index (χ1n) is 9.81. The summed E-state index contributed by atoms with van der Waals surface area (Å²) in [5, 5.41) is 12.2. The van der Waals surface area contributed by atoms with Gasteiger partial charge in [-0.3, -0.25) is 9.36 Å². The van der Waals surface area contributed by atoms with Gasteiger partial charge in [0.1, 0.15) is 11.6 Å². The molecular formula is C22H25FN4OS. The van der Waals surface area contributed by atoms with E-state index in [-0.39, 0.29) is 17.5 Å². The highest BCUT2D eigenvalue weighted by atomic mass is 32.2. The van der Waals surface area contributed by atoms with E-state index in [0.29, 0.717) is 18.1 Å². The van der Waals surface area contributed by atoms with Gasteiger partial charge < -0.3 is 5.32 Å². The fourth-order valence-electron chi connectivity index (χ4n) is 2.89. The zero-order chi connectivity index (χ0) is 20.5. The molecule has 152 valence electrons. The van der Waals surface area contributed by atoms with Gasteiger partial charge in [0.2, 0.25) is 5.91 Å². The van der Waals surface area contributed by atoms with Crippen LogP contribution in [0.5, 0.6) is 0 Å². The normalized spacial score (nSPS) is 10.8. The summed E-state index contributed by atoms with van der Waals surface area (Å²) in [6.07, 6.45) is 3.52. The standard InChI is InChI=1S/C22H25FN4OS/c1-2-3-15-24-21(28)16-29-22-26-25-20(14-9-17-7-5-4-6-8-17)27(22)19-12-10-18(23)11-13-19/h4-8,10-13H,2-3,9,14-16H2,1H3,(H,24,28). The van der Waals surface area contributed by atoms with Gasteiger partial charge in [0.15, 0.2) is 5.16 Å². The summed E-state index contributed by atoms with van der Waals surface area (Å²) in [4.78, 5) is 12.1. The smallest absolute Gasteiger partial charge is 0.230 e. The first kappa shape index (κ1) is 21.0. The van der Waals surface area contributed by atoms with Crippen LogP contribution in [0.4, 0.5) is 4.39 Å². The molecule has 0 unspecified atom stereocenters. The quantitative estimate of drug-likeness (QED) is 0.400. The molecule has 1 heterocycles. The van der Waals surface area contributed by atoms with Gasteiger partial charge in [-0.05, 0) is 42.7 Å². The van der Waals surface area contributed by atoms with Crippen LogP contribution in [0, 0.1) is 5.82 Å². The van der Waals surface area contributed by atoms with Crippen molar-refractivity contribution in [2.45, 2.75) is 37.8 Å². The third-order valence-corrected chi connectivity index (χ3v) is 5.38. The lowest BCUT2D eigenvalue weighted by Gasteiger charge is -2.10.